The minimum absolute atomic E-state index is 0.721. The van der Waals surface area contributed by atoms with Crippen LogP contribution in [0.2, 0.25) is 0 Å². The number of nitrogen functional groups attached to an aromatic ring is 1. The molecule has 0 spiro atoms. The molecule has 5 heteroatoms. The van der Waals surface area contributed by atoms with E-state index in [0.29, 0.717) is 0 Å². The second-order valence-corrected chi connectivity index (χ2v) is 6.14. The highest BCUT2D eigenvalue weighted by molar-refractivity contribution is 9.10. The van der Waals surface area contributed by atoms with E-state index in [4.69, 9.17) is 5.73 Å². The molecule has 0 aliphatic rings. The molecular weight excluding hydrogens is 310 g/mol. The van der Waals surface area contributed by atoms with Crippen LogP contribution in [0.4, 0.5) is 5.82 Å². The Morgan fingerprint density at radius 3 is 2.89 bits per heavy atom. The summed E-state index contributed by atoms with van der Waals surface area (Å²) in [7, 11) is 0. The first-order valence-corrected chi connectivity index (χ1v) is 7.64. The van der Waals surface area contributed by atoms with Crippen LogP contribution in [0.1, 0.15) is 18.9 Å². The lowest BCUT2D eigenvalue weighted by Crippen LogP contribution is -2.04. The first-order valence-electron chi connectivity index (χ1n) is 5.86. The molecule has 2 rings (SSSR count). The molecule has 0 unspecified atom stereocenters. The van der Waals surface area contributed by atoms with Crippen molar-refractivity contribution >= 4 is 33.5 Å². The zero-order valence-electron chi connectivity index (χ0n) is 10.5. The van der Waals surface area contributed by atoms with E-state index in [1.165, 1.54) is 0 Å². The molecule has 1 aromatic carbocycles. The topological polar surface area (TPSA) is 43.8 Å². The number of hydrogen-bond acceptors (Lipinski definition) is 3. The summed E-state index contributed by atoms with van der Waals surface area (Å²) in [5.74, 6) is 1.79. The Hall–Kier alpha value is -0.940. The first-order chi connectivity index (χ1) is 8.63. The van der Waals surface area contributed by atoms with E-state index >= 15 is 0 Å². The number of thioether (sulfide) groups is 1. The van der Waals surface area contributed by atoms with Gasteiger partial charge in [-0.3, -0.25) is 0 Å². The van der Waals surface area contributed by atoms with E-state index in [2.05, 4.69) is 40.9 Å². The summed E-state index contributed by atoms with van der Waals surface area (Å²) in [6, 6.07) is 6.09. The molecule has 0 aliphatic carbocycles. The fourth-order valence-electron chi connectivity index (χ4n) is 1.71. The molecule has 0 aliphatic heterocycles. The predicted molar refractivity (Wildman–Crippen MR) is 81.4 cm³/mol. The molecule has 2 N–H and O–H groups in total. The monoisotopic (exact) mass is 325 g/mol. The van der Waals surface area contributed by atoms with Crippen molar-refractivity contribution in [2.75, 3.05) is 11.5 Å². The number of hydrogen-bond donors (Lipinski definition) is 1. The van der Waals surface area contributed by atoms with Gasteiger partial charge in [0.15, 0.2) is 0 Å². The van der Waals surface area contributed by atoms with E-state index in [1.807, 2.05) is 18.3 Å². The van der Waals surface area contributed by atoms with Gasteiger partial charge in [0.25, 0.3) is 0 Å². The van der Waals surface area contributed by atoms with Gasteiger partial charge in [-0.05, 0) is 42.9 Å². The fraction of sp³-hybridized carbons (Fsp3) is 0.308. The van der Waals surface area contributed by atoms with Gasteiger partial charge in [-0.1, -0.05) is 22.9 Å². The standard InChI is InChI=1S/C13H16BrN3S/c1-3-6-18-12-8-16-17(13(12)15)11-5-4-10(14)7-9(11)2/h4-5,7-8H,3,6,15H2,1-2H3. The molecule has 1 aromatic heterocycles. The summed E-state index contributed by atoms with van der Waals surface area (Å²) in [4.78, 5) is 1.05. The minimum atomic E-state index is 0.721. The SMILES string of the molecule is CCCSc1cnn(-c2ccc(Br)cc2C)c1N. The molecule has 0 bridgehead atoms. The number of nitrogens with zero attached hydrogens (tertiary/aromatic N) is 2. The predicted octanol–water partition coefficient (Wildman–Crippen LogP) is 4.03. The Labute approximate surface area is 120 Å². The fourth-order valence-corrected chi connectivity index (χ4v) is 2.97. The van der Waals surface area contributed by atoms with Crippen LogP contribution in [0.25, 0.3) is 5.69 Å². The summed E-state index contributed by atoms with van der Waals surface area (Å²) >= 11 is 5.22. The number of anilines is 1. The van der Waals surface area contributed by atoms with Gasteiger partial charge in [0.1, 0.15) is 5.82 Å². The van der Waals surface area contributed by atoms with Crippen LogP contribution < -0.4 is 5.73 Å². The number of rotatable bonds is 4. The van der Waals surface area contributed by atoms with Gasteiger partial charge in [0.2, 0.25) is 0 Å². The van der Waals surface area contributed by atoms with Gasteiger partial charge in [-0.25, -0.2) is 4.68 Å². The molecule has 96 valence electrons. The summed E-state index contributed by atoms with van der Waals surface area (Å²) in [5.41, 5.74) is 8.32. The van der Waals surface area contributed by atoms with Crippen LogP contribution in [0.15, 0.2) is 33.8 Å². The summed E-state index contributed by atoms with van der Waals surface area (Å²) in [6.45, 7) is 4.21. The maximum Gasteiger partial charge on any atom is 0.140 e. The van der Waals surface area contributed by atoms with Crippen LogP contribution in [-0.4, -0.2) is 15.5 Å². The lowest BCUT2D eigenvalue weighted by Gasteiger charge is -2.08. The Bertz CT molecular complexity index is 551. The molecule has 0 atom stereocenters. The molecule has 0 radical (unpaired) electrons. The maximum atomic E-state index is 6.15. The number of aryl methyl sites for hydroxylation is 1. The Balaban J connectivity index is 2.36. The van der Waals surface area contributed by atoms with Crippen molar-refractivity contribution in [3.05, 3.63) is 34.4 Å². The van der Waals surface area contributed by atoms with Crippen LogP contribution >= 0.6 is 27.7 Å². The largest absolute Gasteiger partial charge is 0.383 e. The third kappa shape index (κ3) is 2.72. The van der Waals surface area contributed by atoms with Gasteiger partial charge in [-0.15, -0.1) is 11.8 Å². The van der Waals surface area contributed by atoms with E-state index in [-0.39, 0.29) is 0 Å². The average Bonchev–Trinajstić information content (AvgIpc) is 2.68. The number of benzene rings is 1. The van der Waals surface area contributed by atoms with Crippen molar-refractivity contribution in [1.29, 1.82) is 0 Å². The Morgan fingerprint density at radius 2 is 2.22 bits per heavy atom. The average molecular weight is 326 g/mol. The Kier molecular flexibility index (Phi) is 4.35. The molecule has 0 fully saturated rings. The van der Waals surface area contributed by atoms with Crippen molar-refractivity contribution < 1.29 is 0 Å². The summed E-state index contributed by atoms with van der Waals surface area (Å²) < 4.78 is 2.87. The zero-order valence-corrected chi connectivity index (χ0v) is 12.9. The van der Waals surface area contributed by atoms with Gasteiger partial charge in [0.05, 0.1) is 16.8 Å². The highest BCUT2D eigenvalue weighted by Crippen LogP contribution is 2.29. The normalized spacial score (nSPS) is 10.8. The number of nitrogens with two attached hydrogens (primary N) is 1. The van der Waals surface area contributed by atoms with Gasteiger partial charge in [-0.2, -0.15) is 5.10 Å². The van der Waals surface area contributed by atoms with Crippen LogP contribution in [0.3, 0.4) is 0 Å². The smallest absolute Gasteiger partial charge is 0.140 e. The van der Waals surface area contributed by atoms with Crippen molar-refractivity contribution in [2.24, 2.45) is 0 Å². The molecule has 0 saturated carbocycles. The third-order valence-electron chi connectivity index (χ3n) is 2.62. The van der Waals surface area contributed by atoms with Gasteiger partial charge >= 0.3 is 0 Å². The third-order valence-corrected chi connectivity index (χ3v) is 4.35. The highest BCUT2D eigenvalue weighted by Gasteiger charge is 2.11. The highest BCUT2D eigenvalue weighted by atomic mass is 79.9. The minimum Gasteiger partial charge on any atom is -0.383 e. The second kappa shape index (κ2) is 5.80. The van der Waals surface area contributed by atoms with E-state index in [1.54, 1.807) is 16.4 Å². The van der Waals surface area contributed by atoms with E-state index in [9.17, 15) is 0 Å². The molecular formula is C13H16BrN3S. The Morgan fingerprint density at radius 1 is 1.44 bits per heavy atom. The van der Waals surface area contributed by atoms with Crippen molar-refractivity contribution in [2.45, 2.75) is 25.2 Å². The van der Waals surface area contributed by atoms with E-state index < -0.39 is 0 Å². The maximum absolute atomic E-state index is 6.15. The molecule has 1 heterocycles. The lowest BCUT2D eigenvalue weighted by molar-refractivity contribution is 0.882. The molecule has 0 saturated heterocycles. The quantitative estimate of drug-likeness (QED) is 0.863. The lowest BCUT2D eigenvalue weighted by atomic mass is 10.2. The molecule has 3 nitrogen and oxygen atoms in total. The molecule has 18 heavy (non-hydrogen) atoms. The summed E-state index contributed by atoms with van der Waals surface area (Å²) in [6.07, 6.45) is 2.98. The van der Waals surface area contributed by atoms with Crippen LogP contribution in [-0.2, 0) is 0 Å². The van der Waals surface area contributed by atoms with Crippen LogP contribution in [0.5, 0.6) is 0 Å². The number of aromatic nitrogens is 2. The molecule has 2 aromatic rings. The van der Waals surface area contributed by atoms with Crippen molar-refractivity contribution in [3.8, 4) is 5.69 Å². The zero-order chi connectivity index (χ0) is 13.1. The number of halogens is 1. The molecule has 0 amide bonds. The van der Waals surface area contributed by atoms with Gasteiger partial charge < -0.3 is 5.73 Å². The van der Waals surface area contributed by atoms with Crippen molar-refractivity contribution in [3.63, 3.8) is 0 Å². The summed E-state index contributed by atoms with van der Waals surface area (Å²) in [5, 5.41) is 4.38. The second-order valence-electron chi connectivity index (χ2n) is 4.09. The van der Waals surface area contributed by atoms with Gasteiger partial charge in [0, 0.05) is 4.47 Å². The van der Waals surface area contributed by atoms with Crippen LogP contribution in [0, 0.1) is 6.92 Å². The first kappa shape index (κ1) is 13.5. The van der Waals surface area contributed by atoms with E-state index in [0.717, 1.165) is 38.6 Å². The van der Waals surface area contributed by atoms with Crippen molar-refractivity contribution in [1.82, 2.24) is 9.78 Å².